The predicted octanol–water partition coefficient (Wildman–Crippen LogP) is 3.11. The first-order valence-corrected chi connectivity index (χ1v) is 7.25. The molecule has 21 heavy (non-hydrogen) atoms. The van der Waals surface area contributed by atoms with Crippen molar-refractivity contribution in [2.45, 2.75) is 39.7 Å². The number of esters is 1. The van der Waals surface area contributed by atoms with E-state index in [-0.39, 0.29) is 35.4 Å². The largest absolute Gasteiger partial charge is 0.478 e. The van der Waals surface area contributed by atoms with Gasteiger partial charge in [0.05, 0.1) is 0 Å². The second-order valence-electron chi connectivity index (χ2n) is 6.05. The van der Waals surface area contributed by atoms with E-state index in [2.05, 4.69) is 25.7 Å². The molecule has 4 atom stereocenters. The Morgan fingerprint density at radius 2 is 2.00 bits per heavy atom. The zero-order valence-electron chi connectivity index (χ0n) is 12.8. The van der Waals surface area contributed by atoms with Gasteiger partial charge in [0.2, 0.25) is 0 Å². The molecule has 0 aromatic rings. The lowest BCUT2D eigenvalue weighted by atomic mass is 9.64. The third kappa shape index (κ3) is 3.09. The summed E-state index contributed by atoms with van der Waals surface area (Å²) in [7, 11) is 0. The topological polar surface area (TPSA) is 63.6 Å². The van der Waals surface area contributed by atoms with E-state index in [1.807, 2.05) is 6.92 Å². The van der Waals surface area contributed by atoms with E-state index in [0.29, 0.717) is 6.42 Å². The summed E-state index contributed by atoms with van der Waals surface area (Å²) in [6.45, 7) is 9.17. The fraction of sp³-hybridized carbons (Fsp3) is 0.529. The number of fused-ring (bicyclic) bond motifs is 1. The average molecular weight is 290 g/mol. The summed E-state index contributed by atoms with van der Waals surface area (Å²) in [6.07, 6.45) is 5.40. The monoisotopic (exact) mass is 290 g/mol. The Bertz CT molecular complexity index is 541. The van der Waals surface area contributed by atoms with Gasteiger partial charge in [-0.2, -0.15) is 0 Å². The highest BCUT2D eigenvalue weighted by Gasteiger charge is 2.40. The Morgan fingerprint density at radius 1 is 1.33 bits per heavy atom. The van der Waals surface area contributed by atoms with E-state index in [4.69, 9.17) is 4.74 Å². The maximum atomic E-state index is 11.2. The van der Waals surface area contributed by atoms with Crippen LogP contribution in [0.1, 0.15) is 33.6 Å². The van der Waals surface area contributed by atoms with Crippen LogP contribution in [-0.2, 0) is 14.3 Å². The van der Waals surface area contributed by atoms with Crippen LogP contribution in [0.2, 0.25) is 0 Å². The summed E-state index contributed by atoms with van der Waals surface area (Å²) >= 11 is 0. The number of carboxylic acids is 1. The molecule has 114 valence electrons. The second kappa shape index (κ2) is 5.88. The third-order valence-electron chi connectivity index (χ3n) is 4.67. The van der Waals surface area contributed by atoms with Gasteiger partial charge in [0, 0.05) is 18.4 Å². The Hall–Kier alpha value is -1.84. The summed E-state index contributed by atoms with van der Waals surface area (Å²) in [5.74, 6) is -0.947. The molecular formula is C17H22O4. The van der Waals surface area contributed by atoms with E-state index in [1.54, 1.807) is 0 Å². The third-order valence-corrected chi connectivity index (χ3v) is 4.67. The van der Waals surface area contributed by atoms with Gasteiger partial charge in [-0.3, -0.25) is 4.79 Å². The minimum absolute atomic E-state index is 0.0792. The number of carboxylic acid groups (broad SMARTS) is 1. The van der Waals surface area contributed by atoms with Gasteiger partial charge in [-0.1, -0.05) is 24.3 Å². The molecule has 0 amide bonds. The molecule has 0 fully saturated rings. The van der Waals surface area contributed by atoms with Crippen molar-refractivity contribution in [3.8, 4) is 0 Å². The fourth-order valence-corrected chi connectivity index (χ4v) is 3.48. The first kappa shape index (κ1) is 15.5. The minimum Gasteiger partial charge on any atom is -0.478 e. The molecule has 0 heterocycles. The molecule has 2 rings (SSSR count). The van der Waals surface area contributed by atoms with Crippen LogP contribution in [0.4, 0.5) is 0 Å². The standard InChI is InChI=1S/C17H22O4/c1-9-5-6-13(11(3)17(19)20)15-7-10(2)16(8-14(9)15)21-12(4)18/h5,7,13-16H,3,6,8H2,1-2,4H3,(H,19,20)/t13-,14+,15-,16-/m0/s1. The number of carbonyl (C=O) groups is 2. The summed E-state index contributed by atoms with van der Waals surface area (Å²) in [5.41, 5.74) is 2.52. The quantitative estimate of drug-likeness (QED) is 0.493. The lowest BCUT2D eigenvalue weighted by Crippen LogP contribution is -2.37. The van der Waals surface area contributed by atoms with Crippen LogP contribution in [0.5, 0.6) is 0 Å². The Morgan fingerprint density at radius 3 is 2.57 bits per heavy atom. The summed E-state index contributed by atoms with van der Waals surface area (Å²) < 4.78 is 5.37. The smallest absolute Gasteiger partial charge is 0.331 e. The molecule has 0 saturated heterocycles. The highest BCUT2D eigenvalue weighted by atomic mass is 16.5. The Labute approximate surface area is 125 Å². The molecule has 2 aliphatic rings. The molecule has 0 aromatic carbocycles. The summed E-state index contributed by atoms with van der Waals surface area (Å²) in [6, 6.07) is 0. The van der Waals surface area contributed by atoms with Gasteiger partial charge in [0.25, 0.3) is 0 Å². The Kier molecular flexibility index (Phi) is 4.35. The summed E-state index contributed by atoms with van der Waals surface area (Å²) in [4.78, 5) is 22.4. The van der Waals surface area contributed by atoms with Crippen LogP contribution in [0.3, 0.4) is 0 Å². The molecule has 0 aliphatic heterocycles. The van der Waals surface area contributed by atoms with Crippen LogP contribution in [0.25, 0.3) is 0 Å². The predicted molar refractivity (Wildman–Crippen MR) is 79.5 cm³/mol. The molecule has 0 bridgehead atoms. The number of hydrogen-bond donors (Lipinski definition) is 1. The Balaban J connectivity index is 2.31. The minimum atomic E-state index is -0.931. The molecule has 0 aromatic heterocycles. The van der Waals surface area contributed by atoms with Gasteiger partial charge in [0.1, 0.15) is 6.10 Å². The average Bonchev–Trinajstić information content (AvgIpc) is 2.39. The molecule has 4 nitrogen and oxygen atoms in total. The van der Waals surface area contributed by atoms with Gasteiger partial charge in [-0.15, -0.1) is 0 Å². The van der Waals surface area contributed by atoms with E-state index >= 15 is 0 Å². The summed E-state index contributed by atoms with van der Waals surface area (Å²) in [5, 5.41) is 9.22. The van der Waals surface area contributed by atoms with Gasteiger partial charge >= 0.3 is 11.9 Å². The number of allylic oxidation sites excluding steroid dienone is 3. The molecule has 0 saturated carbocycles. The molecular weight excluding hydrogens is 268 g/mol. The number of ether oxygens (including phenoxy) is 1. The van der Waals surface area contributed by atoms with Crippen LogP contribution >= 0.6 is 0 Å². The van der Waals surface area contributed by atoms with E-state index in [9.17, 15) is 14.7 Å². The zero-order chi connectivity index (χ0) is 15.7. The number of hydrogen-bond acceptors (Lipinski definition) is 3. The molecule has 0 spiro atoms. The van der Waals surface area contributed by atoms with E-state index in [0.717, 1.165) is 12.0 Å². The van der Waals surface area contributed by atoms with Crippen LogP contribution in [0.15, 0.2) is 35.5 Å². The maximum absolute atomic E-state index is 11.2. The second-order valence-corrected chi connectivity index (χ2v) is 6.05. The lowest BCUT2D eigenvalue weighted by molar-refractivity contribution is -0.145. The number of carbonyl (C=O) groups excluding carboxylic acids is 1. The van der Waals surface area contributed by atoms with Crippen LogP contribution in [0, 0.1) is 17.8 Å². The lowest BCUT2D eigenvalue weighted by Gasteiger charge is -2.41. The van der Waals surface area contributed by atoms with Crippen molar-refractivity contribution in [3.63, 3.8) is 0 Å². The zero-order valence-corrected chi connectivity index (χ0v) is 12.8. The van der Waals surface area contributed by atoms with E-state index < -0.39 is 5.97 Å². The van der Waals surface area contributed by atoms with Crippen molar-refractivity contribution in [2.75, 3.05) is 0 Å². The molecule has 0 radical (unpaired) electrons. The molecule has 0 unspecified atom stereocenters. The molecule has 1 N–H and O–H groups in total. The van der Waals surface area contributed by atoms with Gasteiger partial charge in [0.15, 0.2) is 0 Å². The normalized spacial score (nSPS) is 31.6. The van der Waals surface area contributed by atoms with Crippen molar-refractivity contribution in [1.82, 2.24) is 0 Å². The SMILES string of the molecule is C=C(C(=O)O)[C@@H]1CC=C(C)[C@H]2C[C@H](OC(C)=O)C(C)=C[C@H]21. The van der Waals surface area contributed by atoms with Crippen molar-refractivity contribution in [3.05, 3.63) is 35.5 Å². The van der Waals surface area contributed by atoms with Crippen LogP contribution < -0.4 is 0 Å². The molecule has 4 heteroatoms. The van der Waals surface area contributed by atoms with Gasteiger partial charge in [-0.25, -0.2) is 4.79 Å². The first-order chi connectivity index (χ1) is 9.81. The van der Waals surface area contributed by atoms with Crippen molar-refractivity contribution in [1.29, 1.82) is 0 Å². The molecule has 2 aliphatic carbocycles. The van der Waals surface area contributed by atoms with Crippen molar-refractivity contribution in [2.24, 2.45) is 17.8 Å². The fourth-order valence-electron chi connectivity index (χ4n) is 3.48. The van der Waals surface area contributed by atoms with Gasteiger partial charge in [-0.05, 0) is 44.1 Å². The van der Waals surface area contributed by atoms with Crippen molar-refractivity contribution >= 4 is 11.9 Å². The first-order valence-electron chi connectivity index (χ1n) is 7.25. The highest BCUT2D eigenvalue weighted by Crippen LogP contribution is 2.45. The number of aliphatic carboxylic acids is 1. The van der Waals surface area contributed by atoms with E-state index in [1.165, 1.54) is 12.5 Å². The van der Waals surface area contributed by atoms with Gasteiger partial charge < -0.3 is 9.84 Å². The van der Waals surface area contributed by atoms with Crippen molar-refractivity contribution < 1.29 is 19.4 Å². The maximum Gasteiger partial charge on any atom is 0.331 e. The number of rotatable bonds is 3. The highest BCUT2D eigenvalue weighted by molar-refractivity contribution is 5.86. The van der Waals surface area contributed by atoms with Crippen LogP contribution in [-0.4, -0.2) is 23.1 Å².